The van der Waals surface area contributed by atoms with E-state index in [-0.39, 0.29) is 22.3 Å². The van der Waals surface area contributed by atoms with Gasteiger partial charge < -0.3 is 10.2 Å². The third-order valence-corrected chi connectivity index (χ3v) is 5.36. The topological polar surface area (TPSA) is 40.5 Å². The van der Waals surface area contributed by atoms with E-state index in [1.807, 2.05) is 26.0 Å². The van der Waals surface area contributed by atoms with Crippen LogP contribution in [0.1, 0.15) is 63.8 Å². The molecule has 25 heavy (non-hydrogen) atoms. The highest BCUT2D eigenvalue weighted by Gasteiger charge is 2.55. The van der Waals surface area contributed by atoms with Crippen molar-refractivity contribution in [3.8, 4) is 11.5 Å². The number of phenols is 2. The number of aromatic hydroxyl groups is 2. The van der Waals surface area contributed by atoms with Crippen LogP contribution in [0.4, 0.5) is 0 Å². The normalized spacial score (nSPS) is 13.1. The predicted octanol–water partition coefficient (Wildman–Crippen LogP) is 6.09. The van der Waals surface area contributed by atoms with Crippen LogP contribution in [0.2, 0.25) is 0 Å². The molecule has 0 aliphatic carbocycles. The van der Waals surface area contributed by atoms with Crippen molar-refractivity contribution in [2.75, 3.05) is 0 Å². The zero-order valence-electron chi connectivity index (χ0n) is 16.9. The maximum atomic E-state index is 10.8. The van der Waals surface area contributed by atoms with Gasteiger partial charge in [-0.3, -0.25) is 0 Å². The van der Waals surface area contributed by atoms with Crippen LogP contribution in [0.3, 0.4) is 0 Å². The lowest BCUT2D eigenvalue weighted by atomic mass is 9.48. The van der Waals surface area contributed by atoms with E-state index in [4.69, 9.17) is 0 Å². The first kappa shape index (κ1) is 19.4. The summed E-state index contributed by atoms with van der Waals surface area (Å²) < 4.78 is 0. The summed E-state index contributed by atoms with van der Waals surface area (Å²) in [5.41, 5.74) is 2.85. The number of rotatable bonds is 2. The van der Waals surface area contributed by atoms with Gasteiger partial charge in [0.25, 0.3) is 0 Å². The Morgan fingerprint density at radius 1 is 0.600 bits per heavy atom. The Labute approximate surface area is 152 Å². The zero-order chi connectivity index (χ0) is 19.2. The van der Waals surface area contributed by atoms with Gasteiger partial charge in [-0.2, -0.15) is 0 Å². The molecule has 0 saturated heterocycles. The summed E-state index contributed by atoms with van der Waals surface area (Å²) >= 11 is 0. The summed E-state index contributed by atoms with van der Waals surface area (Å²) in [6.45, 7) is 17.2. The van der Waals surface area contributed by atoms with E-state index < -0.39 is 5.41 Å². The molecule has 0 saturated carbocycles. The number of hydrogen-bond acceptors (Lipinski definition) is 2. The molecule has 0 heterocycles. The van der Waals surface area contributed by atoms with Gasteiger partial charge in [0.1, 0.15) is 11.5 Å². The first-order valence-electron chi connectivity index (χ1n) is 8.92. The van der Waals surface area contributed by atoms with Gasteiger partial charge in [-0.1, -0.05) is 76.9 Å². The van der Waals surface area contributed by atoms with E-state index in [9.17, 15) is 10.2 Å². The molecule has 0 aliphatic heterocycles. The number of phenolic OH excluding ortho intramolecular Hbond substituents is 2. The third-order valence-electron chi connectivity index (χ3n) is 5.36. The summed E-state index contributed by atoms with van der Waals surface area (Å²) in [6, 6.07) is 11.5. The van der Waals surface area contributed by atoms with Crippen LogP contribution in [-0.2, 0) is 5.41 Å². The van der Waals surface area contributed by atoms with Crippen LogP contribution in [0.15, 0.2) is 36.4 Å². The Hall–Kier alpha value is -1.96. The SMILES string of the molecule is Cc1ccc(O)c(C(c2cc(C)ccc2O)(C(C)(C)C)C(C)(C)C)c1. The molecule has 2 heteroatoms. The summed E-state index contributed by atoms with van der Waals surface area (Å²) in [7, 11) is 0. The average molecular weight is 341 g/mol. The van der Waals surface area contributed by atoms with E-state index in [0.29, 0.717) is 0 Å². The van der Waals surface area contributed by atoms with Crippen LogP contribution in [0, 0.1) is 24.7 Å². The minimum atomic E-state index is -0.577. The van der Waals surface area contributed by atoms with Crippen LogP contribution in [-0.4, -0.2) is 10.2 Å². The Bertz CT molecular complexity index is 706. The molecule has 0 spiro atoms. The Kier molecular flexibility index (Phi) is 4.71. The highest BCUT2D eigenvalue weighted by molar-refractivity contribution is 5.56. The fourth-order valence-corrected chi connectivity index (χ4v) is 4.79. The van der Waals surface area contributed by atoms with Crippen molar-refractivity contribution in [1.82, 2.24) is 0 Å². The van der Waals surface area contributed by atoms with Gasteiger partial charge in [0.2, 0.25) is 0 Å². The van der Waals surface area contributed by atoms with Crippen molar-refractivity contribution >= 4 is 0 Å². The van der Waals surface area contributed by atoms with Crippen molar-refractivity contribution in [1.29, 1.82) is 0 Å². The average Bonchev–Trinajstić information content (AvgIpc) is 2.44. The van der Waals surface area contributed by atoms with Crippen molar-refractivity contribution in [3.63, 3.8) is 0 Å². The maximum Gasteiger partial charge on any atom is 0.119 e. The van der Waals surface area contributed by atoms with Crippen LogP contribution < -0.4 is 0 Å². The first-order valence-corrected chi connectivity index (χ1v) is 8.92. The minimum Gasteiger partial charge on any atom is -0.508 e. The minimum absolute atomic E-state index is 0.248. The number of aryl methyl sites for hydroxylation is 2. The van der Waals surface area contributed by atoms with Gasteiger partial charge in [-0.05, 0) is 36.8 Å². The Balaban J connectivity index is 3.08. The van der Waals surface area contributed by atoms with Crippen molar-refractivity contribution in [2.45, 2.75) is 60.8 Å². The van der Waals surface area contributed by atoms with E-state index >= 15 is 0 Å². The molecule has 0 radical (unpaired) electrons. The molecule has 2 N–H and O–H groups in total. The lowest BCUT2D eigenvalue weighted by molar-refractivity contribution is 0.0852. The molecule has 0 atom stereocenters. The molecular formula is C23H32O2. The molecular weight excluding hydrogens is 308 g/mol. The predicted molar refractivity (Wildman–Crippen MR) is 105 cm³/mol. The van der Waals surface area contributed by atoms with E-state index in [1.165, 1.54) is 0 Å². The lowest BCUT2D eigenvalue weighted by Crippen LogP contribution is -2.51. The van der Waals surface area contributed by atoms with Crippen molar-refractivity contribution < 1.29 is 10.2 Å². The molecule has 0 bridgehead atoms. The molecule has 0 aliphatic rings. The fourth-order valence-electron chi connectivity index (χ4n) is 4.79. The Morgan fingerprint density at radius 3 is 1.20 bits per heavy atom. The van der Waals surface area contributed by atoms with Gasteiger partial charge in [0, 0.05) is 16.5 Å². The van der Waals surface area contributed by atoms with Crippen LogP contribution >= 0.6 is 0 Å². The second kappa shape index (κ2) is 6.09. The third kappa shape index (κ3) is 3.03. The monoisotopic (exact) mass is 340 g/mol. The summed E-state index contributed by atoms with van der Waals surface area (Å²) in [4.78, 5) is 0. The first-order chi connectivity index (χ1) is 11.3. The van der Waals surface area contributed by atoms with Crippen molar-refractivity contribution in [2.24, 2.45) is 10.8 Å². The molecule has 0 unspecified atom stereocenters. The second-order valence-electron chi connectivity index (χ2n) is 9.29. The van der Waals surface area contributed by atoms with Gasteiger partial charge in [-0.25, -0.2) is 0 Å². The molecule has 2 rings (SSSR count). The number of benzene rings is 2. The standard InChI is InChI=1S/C23H32O2/c1-15-9-11-19(24)17(13-15)23(21(3,4)5,22(6,7)8)18-14-16(2)10-12-20(18)25/h9-14,24-25H,1-8H3. The molecule has 0 fully saturated rings. The highest BCUT2D eigenvalue weighted by atomic mass is 16.3. The highest BCUT2D eigenvalue weighted by Crippen LogP contribution is 2.61. The van der Waals surface area contributed by atoms with Gasteiger partial charge >= 0.3 is 0 Å². The smallest absolute Gasteiger partial charge is 0.119 e. The molecule has 0 amide bonds. The molecule has 2 nitrogen and oxygen atoms in total. The summed E-state index contributed by atoms with van der Waals surface area (Å²) in [6.07, 6.45) is 0. The van der Waals surface area contributed by atoms with E-state index in [0.717, 1.165) is 22.3 Å². The van der Waals surface area contributed by atoms with Crippen LogP contribution in [0.5, 0.6) is 11.5 Å². The zero-order valence-corrected chi connectivity index (χ0v) is 16.9. The fraction of sp³-hybridized carbons (Fsp3) is 0.478. The van der Waals surface area contributed by atoms with Gasteiger partial charge in [0.05, 0.1) is 0 Å². The lowest BCUT2D eigenvalue weighted by Gasteiger charge is -2.55. The molecule has 2 aromatic rings. The summed E-state index contributed by atoms with van der Waals surface area (Å²) in [5, 5.41) is 21.7. The molecule has 136 valence electrons. The molecule has 2 aromatic carbocycles. The van der Waals surface area contributed by atoms with Crippen LogP contribution in [0.25, 0.3) is 0 Å². The largest absolute Gasteiger partial charge is 0.508 e. The number of hydrogen-bond donors (Lipinski definition) is 2. The quantitative estimate of drug-likeness (QED) is 0.694. The molecule has 0 aromatic heterocycles. The van der Waals surface area contributed by atoms with Gasteiger partial charge in [-0.15, -0.1) is 0 Å². The Morgan fingerprint density at radius 2 is 0.920 bits per heavy atom. The second-order valence-corrected chi connectivity index (χ2v) is 9.29. The maximum absolute atomic E-state index is 10.8. The van der Waals surface area contributed by atoms with Crippen molar-refractivity contribution in [3.05, 3.63) is 58.7 Å². The van der Waals surface area contributed by atoms with E-state index in [2.05, 4.69) is 53.7 Å². The summed E-state index contributed by atoms with van der Waals surface area (Å²) in [5.74, 6) is 0.549. The van der Waals surface area contributed by atoms with E-state index in [1.54, 1.807) is 12.1 Å². The van der Waals surface area contributed by atoms with Gasteiger partial charge in [0.15, 0.2) is 0 Å².